The second-order valence-corrected chi connectivity index (χ2v) is 9.19. The van der Waals surface area contributed by atoms with Crippen molar-refractivity contribution in [3.8, 4) is 0 Å². The molecule has 1 amide bonds. The van der Waals surface area contributed by atoms with Crippen molar-refractivity contribution in [1.82, 2.24) is 10.0 Å². The zero-order valence-corrected chi connectivity index (χ0v) is 18.4. The first-order chi connectivity index (χ1) is 14.9. The summed E-state index contributed by atoms with van der Waals surface area (Å²) >= 11 is 11.6. The molecule has 13 heteroatoms. The summed E-state index contributed by atoms with van der Waals surface area (Å²) in [6, 6.07) is 4.83. The molecule has 9 nitrogen and oxygen atoms in total. The number of amides is 1. The van der Waals surface area contributed by atoms with Crippen molar-refractivity contribution in [1.29, 1.82) is 0 Å². The number of nitrogens with one attached hydrogen (secondary N) is 2. The van der Waals surface area contributed by atoms with Crippen LogP contribution < -0.4 is 10.0 Å². The smallest absolute Gasteiger partial charge is 0.326 e. The first-order valence-corrected chi connectivity index (χ1v) is 11.1. The lowest BCUT2D eigenvalue weighted by Crippen LogP contribution is -2.52. The van der Waals surface area contributed by atoms with Gasteiger partial charge < -0.3 is 15.5 Å². The van der Waals surface area contributed by atoms with Crippen LogP contribution in [0.2, 0.25) is 10.0 Å². The van der Waals surface area contributed by atoms with Crippen LogP contribution in [0.4, 0.5) is 4.39 Å². The normalized spacial score (nSPS) is 13.2. The number of aliphatic carboxylic acids is 2. The average molecular weight is 507 g/mol. The number of carboxylic acid groups (broad SMARTS) is 2. The molecule has 2 aromatic carbocycles. The van der Waals surface area contributed by atoms with E-state index in [2.05, 4.69) is 5.32 Å². The van der Waals surface area contributed by atoms with Gasteiger partial charge in [0.1, 0.15) is 17.9 Å². The van der Waals surface area contributed by atoms with Crippen molar-refractivity contribution < 1.29 is 37.4 Å². The van der Waals surface area contributed by atoms with Gasteiger partial charge in [-0.3, -0.25) is 9.59 Å². The zero-order valence-electron chi connectivity index (χ0n) is 16.1. The van der Waals surface area contributed by atoms with Gasteiger partial charge in [-0.15, -0.1) is 0 Å². The Bertz CT molecular complexity index is 1110. The van der Waals surface area contributed by atoms with Gasteiger partial charge in [-0.1, -0.05) is 35.3 Å². The number of carbonyl (C=O) groups is 3. The second kappa shape index (κ2) is 10.7. The Kier molecular flexibility index (Phi) is 8.56. The van der Waals surface area contributed by atoms with Crippen molar-refractivity contribution >= 4 is 51.1 Å². The van der Waals surface area contributed by atoms with Gasteiger partial charge in [0.05, 0.1) is 11.3 Å². The van der Waals surface area contributed by atoms with Gasteiger partial charge in [0.25, 0.3) is 0 Å². The molecule has 0 bridgehead atoms. The number of rotatable bonds is 10. The highest BCUT2D eigenvalue weighted by Crippen LogP contribution is 2.22. The minimum atomic E-state index is -4.45. The number of sulfonamides is 1. The van der Waals surface area contributed by atoms with E-state index in [-0.39, 0.29) is 16.5 Å². The van der Waals surface area contributed by atoms with Gasteiger partial charge in [0, 0.05) is 16.5 Å². The van der Waals surface area contributed by atoms with Crippen molar-refractivity contribution in [2.24, 2.45) is 0 Å². The minimum Gasteiger partial charge on any atom is -0.481 e. The van der Waals surface area contributed by atoms with Crippen molar-refractivity contribution in [2.75, 3.05) is 0 Å². The third-order valence-electron chi connectivity index (χ3n) is 4.11. The van der Waals surface area contributed by atoms with E-state index < -0.39 is 57.1 Å². The average Bonchev–Trinajstić information content (AvgIpc) is 2.67. The highest BCUT2D eigenvalue weighted by Gasteiger charge is 2.31. The topological polar surface area (TPSA) is 150 Å². The van der Waals surface area contributed by atoms with E-state index in [4.69, 9.17) is 28.3 Å². The number of carbonyl (C=O) groups excluding carboxylic acids is 1. The summed E-state index contributed by atoms with van der Waals surface area (Å²) in [5, 5.41) is 20.6. The molecule has 0 heterocycles. The molecule has 2 rings (SSSR count). The molecule has 0 aromatic heterocycles. The second-order valence-electron chi connectivity index (χ2n) is 6.61. The summed E-state index contributed by atoms with van der Waals surface area (Å²) in [5.41, 5.74) is 0.378. The van der Waals surface area contributed by atoms with Crippen LogP contribution in [-0.4, -0.2) is 48.6 Å². The molecule has 4 N–H and O–H groups in total. The number of hydrogen-bond donors (Lipinski definition) is 4. The summed E-state index contributed by atoms with van der Waals surface area (Å²) in [6.45, 7) is 0. The van der Waals surface area contributed by atoms with Crippen molar-refractivity contribution in [3.05, 3.63) is 63.9 Å². The van der Waals surface area contributed by atoms with Gasteiger partial charge in [-0.05, 0) is 35.9 Å². The van der Waals surface area contributed by atoms with Crippen LogP contribution >= 0.6 is 23.2 Å². The number of hydrogen-bond acceptors (Lipinski definition) is 5. The quantitative estimate of drug-likeness (QED) is 0.385. The van der Waals surface area contributed by atoms with Gasteiger partial charge in [-0.2, -0.15) is 4.72 Å². The van der Waals surface area contributed by atoms with Crippen LogP contribution in [0.3, 0.4) is 0 Å². The largest absolute Gasteiger partial charge is 0.481 e. The molecule has 0 radical (unpaired) electrons. The molecule has 0 unspecified atom stereocenters. The maximum Gasteiger partial charge on any atom is 0.326 e. The van der Waals surface area contributed by atoms with Crippen LogP contribution in [0.5, 0.6) is 0 Å². The fourth-order valence-corrected chi connectivity index (χ4v) is 4.55. The first kappa shape index (κ1) is 25.5. The predicted octanol–water partition coefficient (Wildman–Crippen LogP) is 2.07. The molecule has 0 saturated heterocycles. The lowest BCUT2D eigenvalue weighted by Gasteiger charge is -2.20. The summed E-state index contributed by atoms with van der Waals surface area (Å²) < 4.78 is 40.2. The molecule has 0 saturated carbocycles. The van der Waals surface area contributed by atoms with Crippen LogP contribution in [0.25, 0.3) is 0 Å². The maximum atomic E-state index is 13.0. The van der Waals surface area contributed by atoms with E-state index in [1.165, 1.54) is 18.2 Å². The number of carboxylic acids is 2. The Morgan fingerprint density at radius 2 is 1.53 bits per heavy atom. The van der Waals surface area contributed by atoms with Gasteiger partial charge in [0.2, 0.25) is 15.9 Å². The molecule has 0 aliphatic rings. The summed E-state index contributed by atoms with van der Waals surface area (Å²) in [6.07, 6.45) is -1.22. The minimum absolute atomic E-state index is 0.0117. The molecule has 0 aliphatic carbocycles. The molecule has 32 heavy (non-hydrogen) atoms. The third kappa shape index (κ3) is 7.45. The fourth-order valence-electron chi connectivity index (χ4n) is 2.63. The molecular weight excluding hydrogens is 490 g/mol. The standard InChI is InChI=1S/C19H17Cl2FN2O7S/c20-11-6-12(21)8-14(7-11)32(30,31)24-15(9-17(25)26)18(27)23-16(19(28)29)5-10-1-3-13(22)4-2-10/h1-4,6-8,15-16,24H,5,9H2,(H,23,27)(H,25,26)(H,28,29)/t15-,16-/m0/s1. The lowest BCUT2D eigenvalue weighted by molar-refractivity contribution is -0.142. The molecule has 2 atom stereocenters. The molecular formula is C19H17Cl2FN2O7S. The summed E-state index contributed by atoms with van der Waals surface area (Å²) in [5.74, 6) is -4.69. The predicted molar refractivity (Wildman–Crippen MR) is 112 cm³/mol. The van der Waals surface area contributed by atoms with E-state index in [1.54, 1.807) is 0 Å². The Hall–Kier alpha value is -2.73. The Balaban J connectivity index is 2.24. The molecule has 0 spiro atoms. The lowest BCUT2D eigenvalue weighted by atomic mass is 10.1. The fraction of sp³-hybridized carbons (Fsp3) is 0.211. The highest BCUT2D eigenvalue weighted by molar-refractivity contribution is 7.89. The van der Waals surface area contributed by atoms with E-state index in [1.807, 2.05) is 4.72 Å². The van der Waals surface area contributed by atoms with Crippen LogP contribution in [0.15, 0.2) is 47.4 Å². The van der Waals surface area contributed by atoms with Crippen molar-refractivity contribution in [3.63, 3.8) is 0 Å². The maximum absolute atomic E-state index is 13.0. The Morgan fingerprint density at radius 3 is 2.03 bits per heavy atom. The van der Waals surface area contributed by atoms with Crippen LogP contribution in [0.1, 0.15) is 12.0 Å². The molecule has 172 valence electrons. The Labute approximate surface area is 192 Å². The third-order valence-corrected chi connectivity index (χ3v) is 5.99. The van der Waals surface area contributed by atoms with E-state index in [9.17, 15) is 32.3 Å². The molecule has 0 aliphatic heterocycles. The molecule has 2 aromatic rings. The van der Waals surface area contributed by atoms with Crippen molar-refractivity contribution in [2.45, 2.75) is 29.8 Å². The van der Waals surface area contributed by atoms with Gasteiger partial charge in [0.15, 0.2) is 0 Å². The summed E-state index contributed by atoms with van der Waals surface area (Å²) in [4.78, 5) is 34.9. The van der Waals surface area contributed by atoms with Crippen LogP contribution in [0, 0.1) is 5.82 Å². The zero-order chi connectivity index (χ0) is 24.1. The van der Waals surface area contributed by atoms with Gasteiger partial charge in [-0.25, -0.2) is 17.6 Å². The van der Waals surface area contributed by atoms with Crippen LogP contribution in [-0.2, 0) is 30.8 Å². The number of benzene rings is 2. The highest BCUT2D eigenvalue weighted by atomic mass is 35.5. The monoisotopic (exact) mass is 506 g/mol. The number of halogens is 3. The SMILES string of the molecule is O=C(O)C[C@H](NS(=O)(=O)c1cc(Cl)cc(Cl)c1)C(=O)N[C@@H](Cc1ccc(F)cc1)C(=O)O. The molecule has 0 fully saturated rings. The summed E-state index contributed by atoms with van der Waals surface area (Å²) in [7, 11) is -4.45. The van der Waals surface area contributed by atoms with E-state index >= 15 is 0 Å². The van der Waals surface area contributed by atoms with E-state index in [0.29, 0.717) is 5.56 Å². The van der Waals surface area contributed by atoms with Gasteiger partial charge >= 0.3 is 11.9 Å². The first-order valence-electron chi connectivity index (χ1n) is 8.85. The Morgan fingerprint density at radius 1 is 0.969 bits per heavy atom. The van der Waals surface area contributed by atoms with E-state index in [0.717, 1.165) is 24.3 Å².